The van der Waals surface area contributed by atoms with Gasteiger partial charge in [-0.05, 0) is 81.5 Å². The van der Waals surface area contributed by atoms with Gasteiger partial charge in [0.1, 0.15) is 35.9 Å². The number of halogens is 2. The molecule has 9 rings (SSSR count). The highest BCUT2D eigenvalue weighted by Gasteiger charge is 2.50. The van der Waals surface area contributed by atoms with Crippen LogP contribution >= 0.6 is 11.6 Å². The number of hydrogen-bond donors (Lipinski definition) is 3. The minimum absolute atomic E-state index is 0.0363. The van der Waals surface area contributed by atoms with Crippen molar-refractivity contribution in [2.75, 3.05) is 37.7 Å². The number of hydrogen-bond acceptors (Lipinski definition) is 10. The molecule has 4 saturated heterocycles. The maximum atomic E-state index is 17.3. The molecule has 5 fully saturated rings. The van der Waals surface area contributed by atoms with E-state index in [2.05, 4.69) is 27.6 Å². The van der Waals surface area contributed by atoms with Crippen molar-refractivity contribution in [2.45, 2.75) is 75.6 Å². The molecule has 15 heteroatoms. The molecule has 3 N–H and O–H groups in total. The van der Waals surface area contributed by atoms with E-state index in [9.17, 15) is 14.7 Å². The summed E-state index contributed by atoms with van der Waals surface area (Å²) < 4.78 is 25.1. The minimum Gasteiger partial charge on any atom is -0.461 e. The Morgan fingerprint density at radius 1 is 1.10 bits per heavy atom. The van der Waals surface area contributed by atoms with E-state index in [1.807, 2.05) is 4.90 Å². The number of carbonyl (C=O) groups is 2. The van der Waals surface area contributed by atoms with Gasteiger partial charge in [0.25, 0.3) is 5.91 Å². The van der Waals surface area contributed by atoms with Gasteiger partial charge in [0, 0.05) is 28.7 Å². The number of piperidine rings is 1. The van der Waals surface area contributed by atoms with Gasteiger partial charge in [-0.15, -0.1) is 0 Å². The van der Waals surface area contributed by atoms with E-state index in [1.165, 1.54) is 4.68 Å². The number of aromatic nitrogens is 5. The number of rotatable bonds is 7. The molecule has 3 amide bonds. The molecule has 0 radical (unpaired) electrons. The number of benzene rings is 1. The van der Waals surface area contributed by atoms with Gasteiger partial charge in [-0.1, -0.05) is 18.5 Å². The first-order valence-corrected chi connectivity index (χ1v) is 17.5. The summed E-state index contributed by atoms with van der Waals surface area (Å²) in [6.07, 6.45) is 9.40. The summed E-state index contributed by atoms with van der Waals surface area (Å²) in [5.74, 6) is -0.164. The van der Waals surface area contributed by atoms with Crippen molar-refractivity contribution in [1.82, 2.24) is 40.3 Å². The number of aliphatic hydroxyl groups is 1. The Balaban J connectivity index is 1.20. The average Bonchev–Trinajstić information content (AvgIpc) is 3.43. The molecule has 49 heavy (non-hydrogen) atoms. The lowest BCUT2D eigenvalue weighted by molar-refractivity contribution is -0.124. The first-order valence-electron chi connectivity index (χ1n) is 17.1. The Morgan fingerprint density at radius 2 is 1.88 bits per heavy atom. The van der Waals surface area contributed by atoms with Gasteiger partial charge in [-0.3, -0.25) is 20.0 Å². The van der Waals surface area contributed by atoms with Gasteiger partial charge in [-0.25, -0.2) is 13.9 Å². The van der Waals surface area contributed by atoms with Crippen molar-refractivity contribution < 1.29 is 23.8 Å². The normalized spacial score (nSPS) is 26.2. The molecule has 0 bridgehead atoms. The number of aliphatic hydroxyl groups excluding tert-OH is 1. The van der Waals surface area contributed by atoms with Gasteiger partial charge in [0.05, 0.1) is 29.2 Å². The van der Waals surface area contributed by atoms with E-state index in [4.69, 9.17) is 31.3 Å². The molecule has 5 aliphatic rings. The predicted octanol–water partition coefficient (Wildman–Crippen LogP) is 4.09. The summed E-state index contributed by atoms with van der Waals surface area (Å²) in [6.45, 7) is 4.89. The average molecular weight is 690 g/mol. The van der Waals surface area contributed by atoms with Gasteiger partial charge in [-0.2, -0.15) is 15.1 Å². The minimum atomic E-state index is -1.12. The second kappa shape index (κ2) is 11.2. The quantitative estimate of drug-likeness (QED) is 0.242. The van der Waals surface area contributed by atoms with E-state index in [0.717, 1.165) is 50.8 Å². The zero-order valence-electron chi connectivity index (χ0n) is 27.1. The smallest absolute Gasteiger partial charge is 0.322 e. The Bertz CT molecular complexity index is 2050. The fourth-order valence-electron chi connectivity index (χ4n) is 8.87. The van der Waals surface area contributed by atoms with Crippen molar-refractivity contribution in [2.24, 2.45) is 5.92 Å². The van der Waals surface area contributed by atoms with Crippen LogP contribution in [0.4, 0.5) is 15.0 Å². The molecule has 4 aliphatic heterocycles. The Kier molecular flexibility index (Phi) is 7.05. The molecule has 7 heterocycles. The SMILES string of the molecule is C[C@@H]1C[C@@H]1c1c(Cl)cc2c(cnn2CO)c1-c1ncc2c(N3CCC[C@]4(C3)NC(=O)NC4=O)nc(OCC34CCCN3CCC4)nc2c1F. The molecular formula is C34H37ClFN9O4. The molecule has 1 saturated carbocycles. The standard InChI is InChI=1S/C34H37ClFN9O4/c1-18-11-19(18)24-22(35)12-23-20(14-38-45(23)17-46)25(24)28-26(36)27-21(13-37-28)29(43-8-4-7-34(15-43)30(47)41-31(48)42-34)40-32(39-27)49-16-33-5-2-9-44(33)10-3-6-33/h12-14,18-19,46H,2-11,15-17H2,1H3,(H2,41,42,47,48)/t18-,19+,34-/m1/s1. The van der Waals surface area contributed by atoms with E-state index < -0.39 is 17.4 Å². The monoisotopic (exact) mass is 689 g/mol. The van der Waals surface area contributed by atoms with Crippen LogP contribution in [0.25, 0.3) is 33.1 Å². The summed E-state index contributed by atoms with van der Waals surface area (Å²) in [5.41, 5.74) is 0.815. The third kappa shape index (κ3) is 4.78. The Labute approximate surface area is 286 Å². The second-order valence-corrected chi connectivity index (χ2v) is 14.8. The molecule has 256 valence electrons. The van der Waals surface area contributed by atoms with Gasteiger partial charge in [0.15, 0.2) is 5.82 Å². The number of carbonyl (C=O) groups excluding carboxylic acids is 2. The maximum Gasteiger partial charge on any atom is 0.322 e. The lowest BCUT2D eigenvalue weighted by atomic mass is 9.89. The van der Waals surface area contributed by atoms with Crippen LogP contribution in [0.5, 0.6) is 6.01 Å². The fraction of sp³-hybridized carbons (Fsp3) is 0.529. The van der Waals surface area contributed by atoms with Crippen molar-refractivity contribution in [1.29, 1.82) is 0 Å². The summed E-state index contributed by atoms with van der Waals surface area (Å²) in [4.78, 5) is 43.8. The van der Waals surface area contributed by atoms with Crippen LogP contribution in [0, 0.1) is 11.7 Å². The molecule has 1 aromatic carbocycles. The van der Waals surface area contributed by atoms with E-state index in [1.54, 1.807) is 18.5 Å². The molecular weight excluding hydrogens is 653 g/mol. The summed E-state index contributed by atoms with van der Waals surface area (Å²) in [5, 5.41) is 20.9. The Morgan fingerprint density at radius 3 is 2.59 bits per heavy atom. The van der Waals surface area contributed by atoms with Crippen LogP contribution < -0.4 is 20.3 Å². The molecule has 4 aromatic rings. The third-order valence-corrected chi connectivity index (χ3v) is 11.8. The highest BCUT2D eigenvalue weighted by Crippen LogP contribution is 2.54. The number of urea groups is 1. The largest absolute Gasteiger partial charge is 0.461 e. The summed E-state index contributed by atoms with van der Waals surface area (Å²) in [6, 6.07) is 1.29. The number of amides is 3. The van der Waals surface area contributed by atoms with Gasteiger partial charge < -0.3 is 20.1 Å². The van der Waals surface area contributed by atoms with Gasteiger partial charge >= 0.3 is 12.0 Å². The number of nitrogens with one attached hydrogen (secondary N) is 2. The van der Waals surface area contributed by atoms with E-state index in [-0.39, 0.29) is 47.9 Å². The highest BCUT2D eigenvalue weighted by atomic mass is 35.5. The Hall–Kier alpha value is -4.14. The molecule has 1 aliphatic carbocycles. The fourth-order valence-corrected chi connectivity index (χ4v) is 9.21. The molecule has 0 unspecified atom stereocenters. The second-order valence-electron chi connectivity index (χ2n) is 14.4. The van der Waals surface area contributed by atoms with E-state index >= 15 is 4.39 Å². The third-order valence-electron chi connectivity index (χ3n) is 11.5. The molecule has 3 atom stereocenters. The zero-order chi connectivity index (χ0) is 33.7. The number of ether oxygens (including phenoxy) is 1. The van der Waals surface area contributed by atoms with Crippen molar-refractivity contribution in [3.63, 3.8) is 0 Å². The number of nitrogens with zero attached hydrogens (tertiary/aromatic N) is 7. The van der Waals surface area contributed by atoms with Crippen LogP contribution in [-0.2, 0) is 11.5 Å². The van der Waals surface area contributed by atoms with Crippen LogP contribution in [-0.4, -0.2) is 90.5 Å². The van der Waals surface area contributed by atoms with E-state index in [0.29, 0.717) is 64.6 Å². The van der Waals surface area contributed by atoms with Crippen molar-refractivity contribution in [3.8, 4) is 17.3 Å². The number of imide groups is 1. The van der Waals surface area contributed by atoms with Crippen LogP contribution in [0.3, 0.4) is 0 Å². The topological polar surface area (TPSA) is 151 Å². The maximum absolute atomic E-state index is 17.3. The van der Waals surface area contributed by atoms with Gasteiger partial charge in [0.2, 0.25) is 0 Å². The van der Waals surface area contributed by atoms with Crippen LogP contribution in [0.15, 0.2) is 18.5 Å². The van der Waals surface area contributed by atoms with Crippen molar-refractivity contribution in [3.05, 3.63) is 34.9 Å². The van der Waals surface area contributed by atoms with Crippen LogP contribution in [0.2, 0.25) is 5.02 Å². The lowest BCUT2D eigenvalue weighted by Gasteiger charge is -2.39. The highest BCUT2D eigenvalue weighted by molar-refractivity contribution is 6.33. The number of anilines is 1. The van der Waals surface area contributed by atoms with Crippen LogP contribution in [0.1, 0.15) is 63.4 Å². The first kappa shape index (κ1) is 30.9. The molecule has 13 nitrogen and oxygen atoms in total. The molecule has 3 aromatic heterocycles. The summed E-state index contributed by atoms with van der Waals surface area (Å²) in [7, 11) is 0. The number of pyridine rings is 1. The predicted molar refractivity (Wildman–Crippen MR) is 179 cm³/mol. The summed E-state index contributed by atoms with van der Waals surface area (Å²) >= 11 is 6.90. The number of fused-ring (bicyclic) bond motifs is 3. The first-order chi connectivity index (χ1) is 23.7. The lowest BCUT2D eigenvalue weighted by Crippen LogP contribution is -2.58. The molecule has 1 spiro atoms. The zero-order valence-corrected chi connectivity index (χ0v) is 27.9. The van der Waals surface area contributed by atoms with Crippen molar-refractivity contribution >= 4 is 51.2 Å².